The van der Waals surface area contributed by atoms with E-state index in [1.54, 1.807) is 18.2 Å². The van der Waals surface area contributed by atoms with Gasteiger partial charge in [0.1, 0.15) is 5.69 Å². The second-order valence-corrected chi connectivity index (χ2v) is 6.01. The number of halogens is 4. The van der Waals surface area contributed by atoms with E-state index in [9.17, 15) is 22.4 Å². The molecule has 0 aliphatic rings. The van der Waals surface area contributed by atoms with Crippen molar-refractivity contribution < 1.29 is 27.1 Å². The van der Waals surface area contributed by atoms with Gasteiger partial charge in [-0.25, -0.2) is 0 Å². The molecule has 9 heteroatoms. The molecule has 2 aromatic rings. The number of ether oxygens (including phenoxy) is 1. The quantitative estimate of drug-likeness (QED) is 0.341. The summed E-state index contributed by atoms with van der Waals surface area (Å²) in [4.78, 5) is 13.5. The van der Waals surface area contributed by atoms with Gasteiger partial charge < -0.3 is 10.1 Å². The van der Waals surface area contributed by atoms with Crippen molar-refractivity contribution in [2.75, 3.05) is 18.2 Å². The highest BCUT2D eigenvalue weighted by molar-refractivity contribution is 7.98. The fraction of sp³-hybridized carbons (Fsp3) is 0.250. The summed E-state index contributed by atoms with van der Waals surface area (Å²) in [6.45, 7) is 0. The SMILES string of the molecule is COC(=O)CCSCc1cccc(Nc2c(F)c(F)nc(F)c2F)c1. The summed E-state index contributed by atoms with van der Waals surface area (Å²) in [5, 5.41) is 2.33. The Morgan fingerprint density at radius 3 is 2.52 bits per heavy atom. The molecular formula is C16H14F4N2O2S. The maximum Gasteiger partial charge on any atom is 0.306 e. The predicted octanol–water partition coefficient (Wildman–Crippen LogP) is 4.18. The minimum absolute atomic E-state index is 0.258. The highest BCUT2D eigenvalue weighted by Crippen LogP contribution is 2.27. The number of methoxy groups -OCH3 is 1. The third-order valence-corrected chi connectivity index (χ3v) is 4.17. The van der Waals surface area contributed by atoms with Crippen molar-refractivity contribution >= 4 is 29.1 Å². The van der Waals surface area contributed by atoms with Gasteiger partial charge >= 0.3 is 5.97 Å². The van der Waals surface area contributed by atoms with E-state index in [0.717, 1.165) is 5.56 Å². The molecule has 0 bridgehead atoms. The molecule has 0 saturated carbocycles. The van der Waals surface area contributed by atoms with E-state index in [2.05, 4.69) is 15.0 Å². The normalized spacial score (nSPS) is 10.6. The summed E-state index contributed by atoms with van der Waals surface area (Å²) < 4.78 is 58.1. The molecule has 0 amide bonds. The van der Waals surface area contributed by atoms with E-state index in [4.69, 9.17) is 0 Å². The summed E-state index contributed by atoms with van der Waals surface area (Å²) in [5.41, 5.74) is 0.116. The lowest BCUT2D eigenvalue weighted by Crippen LogP contribution is -2.06. The number of aromatic nitrogens is 1. The summed E-state index contributed by atoms with van der Waals surface area (Å²) >= 11 is 1.47. The first kappa shape index (κ1) is 19.0. The molecule has 0 fully saturated rings. The van der Waals surface area contributed by atoms with Gasteiger partial charge in [0.15, 0.2) is 0 Å². The maximum absolute atomic E-state index is 13.6. The van der Waals surface area contributed by atoms with E-state index in [-0.39, 0.29) is 18.1 Å². The smallest absolute Gasteiger partial charge is 0.306 e. The Kier molecular flexibility index (Phi) is 6.63. The second kappa shape index (κ2) is 8.70. The maximum atomic E-state index is 13.6. The number of benzene rings is 1. The number of nitrogens with one attached hydrogen (secondary N) is 1. The molecule has 0 aliphatic carbocycles. The van der Waals surface area contributed by atoms with Gasteiger partial charge in [0, 0.05) is 17.2 Å². The number of pyridine rings is 1. The van der Waals surface area contributed by atoms with Gasteiger partial charge in [-0.2, -0.15) is 34.3 Å². The Morgan fingerprint density at radius 2 is 1.88 bits per heavy atom. The van der Waals surface area contributed by atoms with Crippen LogP contribution in [0.2, 0.25) is 0 Å². The minimum atomic E-state index is -1.73. The van der Waals surface area contributed by atoms with Crippen molar-refractivity contribution in [3.8, 4) is 0 Å². The summed E-state index contributed by atoms with van der Waals surface area (Å²) in [7, 11) is 1.31. The monoisotopic (exact) mass is 374 g/mol. The molecule has 1 N–H and O–H groups in total. The number of hydrogen-bond acceptors (Lipinski definition) is 5. The summed E-state index contributed by atoms with van der Waals surface area (Å²) in [6, 6.07) is 6.48. The van der Waals surface area contributed by atoms with Gasteiger partial charge in [-0.05, 0) is 17.7 Å². The zero-order valence-corrected chi connectivity index (χ0v) is 13.9. The number of thioether (sulfide) groups is 1. The average Bonchev–Trinajstić information content (AvgIpc) is 2.61. The van der Waals surface area contributed by atoms with Gasteiger partial charge in [0.25, 0.3) is 11.9 Å². The summed E-state index contributed by atoms with van der Waals surface area (Å²) in [6.07, 6.45) is 0.269. The van der Waals surface area contributed by atoms with E-state index >= 15 is 0 Å². The van der Waals surface area contributed by atoms with Crippen molar-refractivity contribution in [3.63, 3.8) is 0 Å². The Balaban J connectivity index is 2.06. The molecule has 0 saturated heterocycles. The molecule has 1 heterocycles. The lowest BCUT2D eigenvalue weighted by atomic mass is 10.2. The molecule has 0 atom stereocenters. The lowest BCUT2D eigenvalue weighted by Gasteiger charge is -2.11. The van der Waals surface area contributed by atoms with E-state index in [1.807, 2.05) is 0 Å². The molecule has 2 rings (SSSR count). The number of anilines is 2. The van der Waals surface area contributed by atoms with Crippen LogP contribution in [0.4, 0.5) is 28.9 Å². The molecule has 0 unspecified atom stereocenters. The van der Waals surface area contributed by atoms with E-state index in [0.29, 0.717) is 11.5 Å². The molecule has 1 aromatic heterocycles. The van der Waals surface area contributed by atoms with Crippen LogP contribution in [0.1, 0.15) is 12.0 Å². The predicted molar refractivity (Wildman–Crippen MR) is 86.6 cm³/mol. The number of rotatable bonds is 7. The molecule has 0 aliphatic heterocycles. The highest BCUT2D eigenvalue weighted by Gasteiger charge is 2.20. The Morgan fingerprint density at radius 1 is 1.20 bits per heavy atom. The molecule has 0 spiro atoms. The number of carbonyl (C=O) groups excluding carboxylic acids is 1. The first-order chi connectivity index (χ1) is 11.9. The van der Waals surface area contributed by atoms with Gasteiger partial charge in [-0.15, -0.1) is 0 Å². The highest BCUT2D eigenvalue weighted by atomic mass is 32.2. The Labute approximate surface area is 145 Å². The van der Waals surface area contributed by atoms with Crippen LogP contribution in [0, 0.1) is 23.5 Å². The number of nitrogens with zero attached hydrogens (tertiary/aromatic N) is 1. The van der Waals surface area contributed by atoms with Crippen LogP contribution in [0.15, 0.2) is 24.3 Å². The van der Waals surface area contributed by atoms with Gasteiger partial charge in [-0.1, -0.05) is 12.1 Å². The Hall–Kier alpha value is -2.29. The lowest BCUT2D eigenvalue weighted by molar-refractivity contribution is -0.140. The van der Waals surface area contributed by atoms with Gasteiger partial charge in [0.2, 0.25) is 11.6 Å². The van der Waals surface area contributed by atoms with Crippen molar-refractivity contribution in [2.24, 2.45) is 0 Å². The van der Waals surface area contributed by atoms with Crippen molar-refractivity contribution in [1.29, 1.82) is 0 Å². The second-order valence-electron chi connectivity index (χ2n) is 4.90. The number of carbonyl (C=O) groups is 1. The Bertz CT molecular complexity index is 748. The van der Waals surface area contributed by atoms with Crippen molar-refractivity contribution in [3.05, 3.63) is 53.4 Å². The molecule has 1 aromatic carbocycles. The van der Waals surface area contributed by atoms with Crippen molar-refractivity contribution in [2.45, 2.75) is 12.2 Å². The number of esters is 1. The summed E-state index contributed by atoms with van der Waals surface area (Å²) in [5.74, 6) is -5.87. The third-order valence-electron chi connectivity index (χ3n) is 3.14. The first-order valence-corrected chi connectivity index (χ1v) is 8.28. The topological polar surface area (TPSA) is 51.2 Å². The van der Waals surface area contributed by atoms with Crippen LogP contribution in [0.5, 0.6) is 0 Å². The minimum Gasteiger partial charge on any atom is -0.469 e. The molecule has 134 valence electrons. The zero-order chi connectivity index (χ0) is 18.4. The molecular weight excluding hydrogens is 360 g/mol. The van der Waals surface area contributed by atoms with Gasteiger partial charge in [-0.3, -0.25) is 4.79 Å². The van der Waals surface area contributed by atoms with Crippen LogP contribution >= 0.6 is 11.8 Å². The largest absolute Gasteiger partial charge is 0.469 e. The van der Waals surface area contributed by atoms with Crippen LogP contribution in [0.25, 0.3) is 0 Å². The molecule has 0 radical (unpaired) electrons. The average molecular weight is 374 g/mol. The van der Waals surface area contributed by atoms with Crippen LogP contribution in [-0.4, -0.2) is 23.8 Å². The molecule has 25 heavy (non-hydrogen) atoms. The van der Waals surface area contributed by atoms with Crippen molar-refractivity contribution in [1.82, 2.24) is 4.98 Å². The fourth-order valence-electron chi connectivity index (χ4n) is 1.93. The fourth-order valence-corrected chi connectivity index (χ4v) is 2.80. The van der Waals surface area contributed by atoms with E-state index < -0.39 is 29.2 Å². The van der Waals surface area contributed by atoms with Crippen LogP contribution in [0.3, 0.4) is 0 Å². The zero-order valence-electron chi connectivity index (χ0n) is 13.1. The van der Waals surface area contributed by atoms with Crippen LogP contribution in [-0.2, 0) is 15.3 Å². The standard InChI is InChI=1S/C16H14F4N2O2S/c1-24-11(23)5-6-25-8-9-3-2-4-10(7-9)21-14-12(17)15(19)22-16(20)13(14)18/h2-4,7H,5-6,8H2,1H3,(H,21,22). The van der Waals surface area contributed by atoms with Crippen LogP contribution < -0.4 is 5.32 Å². The molecule has 4 nitrogen and oxygen atoms in total. The van der Waals surface area contributed by atoms with E-state index in [1.165, 1.54) is 24.9 Å². The van der Waals surface area contributed by atoms with Gasteiger partial charge in [0.05, 0.1) is 13.5 Å². The third kappa shape index (κ3) is 5.09. The number of hydrogen-bond donors (Lipinski definition) is 1. The first-order valence-electron chi connectivity index (χ1n) is 7.13.